The van der Waals surface area contributed by atoms with Crippen LogP contribution in [0.1, 0.15) is 30.5 Å². The van der Waals surface area contributed by atoms with E-state index < -0.39 is 29.0 Å². The predicted octanol–water partition coefficient (Wildman–Crippen LogP) is 4.29. The summed E-state index contributed by atoms with van der Waals surface area (Å²) in [4.78, 5) is 24.9. The number of rotatable bonds is 5. The van der Waals surface area contributed by atoms with Gasteiger partial charge in [-0.3, -0.25) is 9.59 Å². The minimum atomic E-state index is -4.61. The van der Waals surface area contributed by atoms with Gasteiger partial charge in [-0.25, -0.2) is 0 Å². The molecule has 0 aromatic heterocycles. The fraction of sp³-hybridized carbons (Fsp3) is 0.300. The minimum Gasteiger partial charge on any atom is -0.351 e. The summed E-state index contributed by atoms with van der Waals surface area (Å²) in [5, 5.41) is 4.87. The van der Waals surface area contributed by atoms with Crippen LogP contribution in [0.15, 0.2) is 48.5 Å². The van der Waals surface area contributed by atoms with Crippen molar-refractivity contribution in [2.45, 2.75) is 33.5 Å². The molecule has 2 aromatic rings. The third-order valence-electron chi connectivity index (χ3n) is 4.19. The SMILES string of the molecule is Cc1ccc(CNC(=O)C(C)(C)C(=O)Nc2ccccc2C(F)(F)F)cc1. The Balaban J connectivity index is 2.08. The van der Waals surface area contributed by atoms with Gasteiger partial charge in [0.15, 0.2) is 0 Å². The van der Waals surface area contributed by atoms with Crippen molar-refractivity contribution in [1.29, 1.82) is 0 Å². The normalized spacial score (nSPS) is 11.8. The topological polar surface area (TPSA) is 58.2 Å². The van der Waals surface area contributed by atoms with Gasteiger partial charge in [-0.2, -0.15) is 13.2 Å². The van der Waals surface area contributed by atoms with E-state index in [0.717, 1.165) is 23.3 Å². The Labute approximate surface area is 155 Å². The second kappa shape index (κ2) is 7.82. The van der Waals surface area contributed by atoms with Crippen LogP contribution in [0.3, 0.4) is 0 Å². The van der Waals surface area contributed by atoms with Crippen LogP contribution in [0.25, 0.3) is 0 Å². The first-order valence-electron chi connectivity index (χ1n) is 8.33. The molecule has 7 heteroatoms. The molecule has 0 aliphatic carbocycles. The van der Waals surface area contributed by atoms with Crippen LogP contribution >= 0.6 is 0 Å². The highest BCUT2D eigenvalue weighted by molar-refractivity contribution is 6.10. The Morgan fingerprint density at radius 1 is 0.926 bits per heavy atom. The van der Waals surface area contributed by atoms with Gasteiger partial charge >= 0.3 is 6.18 Å². The highest BCUT2D eigenvalue weighted by atomic mass is 19.4. The highest BCUT2D eigenvalue weighted by Crippen LogP contribution is 2.35. The van der Waals surface area contributed by atoms with E-state index in [4.69, 9.17) is 0 Å². The second-order valence-electron chi connectivity index (χ2n) is 6.79. The number of nitrogens with one attached hydrogen (secondary N) is 2. The highest BCUT2D eigenvalue weighted by Gasteiger charge is 2.38. The molecule has 0 fully saturated rings. The van der Waals surface area contributed by atoms with Crippen molar-refractivity contribution in [2.24, 2.45) is 5.41 Å². The molecule has 144 valence electrons. The summed E-state index contributed by atoms with van der Waals surface area (Å²) in [6.07, 6.45) is -4.61. The van der Waals surface area contributed by atoms with E-state index in [2.05, 4.69) is 10.6 Å². The van der Waals surface area contributed by atoms with E-state index in [1.54, 1.807) is 0 Å². The lowest BCUT2D eigenvalue weighted by Gasteiger charge is -2.24. The maximum Gasteiger partial charge on any atom is 0.418 e. The lowest BCUT2D eigenvalue weighted by molar-refractivity contribution is -0.138. The number of amides is 2. The van der Waals surface area contributed by atoms with Crippen molar-refractivity contribution in [2.75, 3.05) is 5.32 Å². The molecule has 0 saturated carbocycles. The van der Waals surface area contributed by atoms with Gasteiger partial charge in [0.1, 0.15) is 5.41 Å². The first kappa shape index (κ1) is 20.5. The van der Waals surface area contributed by atoms with Gasteiger partial charge < -0.3 is 10.6 Å². The number of aryl methyl sites for hydroxylation is 1. The van der Waals surface area contributed by atoms with E-state index in [1.165, 1.54) is 26.0 Å². The zero-order chi connectivity index (χ0) is 20.2. The summed E-state index contributed by atoms with van der Waals surface area (Å²) in [6.45, 7) is 4.88. The van der Waals surface area contributed by atoms with Gasteiger partial charge in [0.2, 0.25) is 11.8 Å². The molecule has 2 aromatic carbocycles. The molecule has 0 aliphatic heterocycles. The van der Waals surface area contributed by atoms with Gasteiger partial charge in [-0.05, 0) is 38.5 Å². The van der Waals surface area contributed by atoms with E-state index in [1.807, 2.05) is 31.2 Å². The summed E-state index contributed by atoms with van der Waals surface area (Å²) in [6, 6.07) is 12.1. The smallest absolute Gasteiger partial charge is 0.351 e. The molecule has 0 heterocycles. The van der Waals surface area contributed by atoms with E-state index in [-0.39, 0.29) is 12.2 Å². The van der Waals surface area contributed by atoms with E-state index in [0.29, 0.717) is 0 Å². The zero-order valence-corrected chi connectivity index (χ0v) is 15.3. The van der Waals surface area contributed by atoms with Crippen LogP contribution in [-0.4, -0.2) is 11.8 Å². The largest absolute Gasteiger partial charge is 0.418 e. The third-order valence-corrected chi connectivity index (χ3v) is 4.19. The molecular weight excluding hydrogens is 357 g/mol. The molecule has 2 amide bonds. The standard InChI is InChI=1S/C20H21F3N2O2/c1-13-8-10-14(11-9-13)12-24-17(26)19(2,3)18(27)25-16-7-5-4-6-15(16)20(21,22)23/h4-11H,12H2,1-3H3,(H,24,26)(H,25,27). The lowest BCUT2D eigenvalue weighted by atomic mass is 9.90. The van der Waals surface area contributed by atoms with E-state index in [9.17, 15) is 22.8 Å². The summed E-state index contributed by atoms with van der Waals surface area (Å²) >= 11 is 0. The average Bonchev–Trinajstić information content (AvgIpc) is 2.60. The summed E-state index contributed by atoms with van der Waals surface area (Å²) in [5.41, 5.74) is -0.965. The fourth-order valence-electron chi connectivity index (χ4n) is 2.33. The Morgan fingerprint density at radius 2 is 1.52 bits per heavy atom. The average molecular weight is 378 g/mol. The second-order valence-corrected chi connectivity index (χ2v) is 6.79. The molecule has 2 N–H and O–H groups in total. The van der Waals surface area contributed by atoms with Gasteiger partial charge in [0.05, 0.1) is 11.3 Å². The Hall–Kier alpha value is -2.83. The Morgan fingerprint density at radius 3 is 2.11 bits per heavy atom. The van der Waals surface area contributed by atoms with Crippen LogP contribution in [0.2, 0.25) is 0 Å². The number of carbonyl (C=O) groups is 2. The van der Waals surface area contributed by atoms with Crippen molar-refractivity contribution in [3.05, 3.63) is 65.2 Å². The van der Waals surface area contributed by atoms with Crippen LogP contribution < -0.4 is 10.6 Å². The molecule has 2 rings (SSSR count). The number of halogens is 3. The van der Waals surface area contributed by atoms with Gasteiger partial charge in [0.25, 0.3) is 0 Å². The summed E-state index contributed by atoms with van der Waals surface area (Å²) in [5.74, 6) is -1.40. The molecule has 0 radical (unpaired) electrons. The fourth-order valence-corrected chi connectivity index (χ4v) is 2.33. The Bertz CT molecular complexity index is 828. The van der Waals surface area contributed by atoms with Gasteiger partial charge in [0, 0.05) is 6.54 Å². The number of alkyl halides is 3. The quantitative estimate of drug-likeness (QED) is 0.763. The number of hydrogen-bond acceptors (Lipinski definition) is 2. The van der Waals surface area contributed by atoms with Crippen molar-refractivity contribution >= 4 is 17.5 Å². The molecule has 0 unspecified atom stereocenters. The zero-order valence-electron chi connectivity index (χ0n) is 15.3. The maximum absolute atomic E-state index is 13.1. The molecule has 0 atom stereocenters. The molecule has 0 saturated heterocycles. The first-order valence-corrected chi connectivity index (χ1v) is 8.33. The molecule has 0 aliphatic rings. The number of carbonyl (C=O) groups excluding carboxylic acids is 2. The van der Waals surface area contributed by atoms with Crippen LogP contribution in [-0.2, 0) is 22.3 Å². The Kier molecular flexibility index (Phi) is 5.93. The van der Waals surface area contributed by atoms with Gasteiger partial charge in [-0.15, -0.1) is 0 Å². The van der Waals surface area contributed by atoms with Crippen molar-refractivity contribution in [3.8, 4) is 0 Å². The maximum atomic E-state index is 13.1. The number of benzene rings is 2. The van der Waals surface area contributed by atoms with Crippen LogP contribution in [0, 0.1) is 12.3 Å². The number of para-hydroxylation sites is 1. The molecule has 0 spiro atoms. The molecular formula is C20H21F3N2O2. The molecule has 4 nitrogen and oxygen atoms in total. The summed E-state index contributed by atoms with van der Waals surface area (Å²) in [7, 11) is 0. The lowest BCUT2D eigenvalue weighted by Crippen LogP contribution is -2.45. The molecule has 0 bridgehead atoms. The minimum absolute atomic E-state index is 0.217. The van der Waals surface area contributed by atoms with Crippen molar-refractivity contribution in [3.63, 3.8) is 0 Å². The van der Waals surface area contributed by atoms with Crippen molar-refractivity contribution in [1.82, 2.24) is 5.32 Å². The monoisotopic (exact) mass is 378 g/mol. The van der Waals surface area contributed by atoms with Crippen LogP contribution in [0.5, 0.6) is 0 Å². The van der Waals surface area contributed by atoms with Crippen molar-refractivity contribution < 1.29 is 22.8 Å². The summed E-state index contributed by atoms with van der Waals surface area (Å²) < 4.78 is 39.2. The first-order chi connectivity index (χ1) is 12.5. The van der Waals surface area contributed by atoms with E-state index >= 15 is 0 Å². The van der Waals surface area contributed by atoms with Gasteiger partial charge in [-0.1, -0.05) is 42.0 Å². The third kappa shape index (κ3) is 5.09. The van der Waals surface area contributed by atoms with Crippen LogP contribution in [0.4, 0.5) is 18.9 Å². The molecule has 27 heavy (non-hydrogen) atoms. The number of hydrogen-bond donors (Lipinski definition) is 2. The number of anilines is 1. The predicted molar refractivity (Wildman–Crippen MR) is 96.9 cm³/mol.